The van der Waals surface area contributed by atoms with Crippen molar-refractivity contribution in [2.24, 2.45) is 5.73 Å². The van der Waals surface area contributed by atoms with Gasteiger partial charge < -0.3 is 10.6 Å². The van der Waals surface area contributed by atoms with Gasteiger partial charge >= 0.3 is 0 Å². The largest absolute Gasteiger partial charge is 0.330 e. The van der Waals surface area contributed by atoms with E-state index < -0.39 is 0 Å². The zero-order chi connectivity index (χ0) is 12.0. The van der Waals surface area contributed by atoms with Crippen LogP contribution in [-0.4, -0.2) is 19.0 Å². The molecule has 0 unspecified atom stereocenters. The monoisotopic (exact) mass is 217 g/mol. The lowest BCUT2D eigenvalue weighted by Gasteiger charge is -2.20. The summed E-state index contributed by atoms with van der Waals surface area (Å²) < 4.78 is 0. The number of hydrogen-bond acceptors (Lipinski definition) is 3. The number of carbonyl (C=O) groups excluding carboxylic acids is 1. The molecule has 4 nitrogen and oxygen atoms in total. The van der Waals surface area contributed by atoms with Gasteiger partial charge in [-0.15, -0.1) is 0 Å². The second-order valence-electron chi connectivity index (χ2n) is 3.34. The summed E-state index contributed by atoms with van der Waals surface area (Å²) in [7, 11) is 0. The van der Waals surface area contributed by atoms with E-state index in [1.165, 1.54) is 0 Å². The van der Waals surface area contributed by atoms with E-state index in [0.29, 0.717) is 25.1 Å². The quantitative estimate of drug-likeness (QED) is 0.825. The number of hydrogen-bond donors (Lipinski definition) is 1. The van der Waals surface area contributed by atoms with E-state index in [2.05, 4.69) is 6.07 Å². The molecule has 0 heterocycles. The molecule has 0 aliphatic carbocycles. The van der Waals surface area contributed by atoms with Crippen molar-refractivity contribution in [3.63, 3.8) is 0 Å². The van der Waals surface area contributed by atoms with Crippen LogP contribution in [0.2, 0.25) is 0 Å². The molecule has 4 heteroatoms. The van der Waals surface area contributed by atoms with Gasteiger partial charge in [-0.1, -0.05) is 6.07 Å². The standard InChI is InChI=1S/C12H15N3O/c1-2-15(12(16)6-7-13)11-5-3-4-10(8-11)9-14/h3-5,8H,2,6-7,13H2,1H3. The third-order valence-electron chi connectivity index (χ3n) is 2.26. The molecule has 16 heavy (non-hydrogen) atoms. The molecule has 84 valence electrons. The zero-order valence-corrected chi connectivity index (χ0v) is 9.31. The first-order valence-electron chi connectivity index (χ1n) is 5.23. The van der Waals surface area contributed by atoms with Crippen LogP contribution in [0.4, 0.5) is 5.69 Å². The van der Waals surface area contributed by atoms with Crippen molar-refractivity contribution >= 4 is 11.6 Å². The summed E-state index contributed by atoms with van der Waals surface area (Å²) in [6.07, 6.45) is 0.324. The maximum Gasteiger partial charge on any atom is 0.228 e. The number of nitrogens with zero attached hydrogens (tertiary/aromatic N) is 2. The van der Waals surface area contributed by atoms with Gasteiger partial charge in [0.25, 0.3) is 0 Å². The summed E-state index contributed by atoms with van der Waals surface area (Å²) in [5, 5.41) is 8.79. The van der Waals surface area contributed by atoms with Gasteiger partial charge in [0.15, 0.2) is 0 Å². The van der Waals surface area contributed by atoms with Crippen LogP contribution in [0.5, 0.6) is 0 Å². The molecule has 1 rings (SSSR count). The molecule has 0 saturated carbocycles. The fraction of sp³-hybridized carbons (Fsp3) is 0.333. The van der Waals surface area contributed by atoms with Crippen LogP contribution in [0.3, 0.4) is 0 Å². The average Bonchev–Trinajstić information content (AvgIpc) is 2.31. The average molecular weight is 217 g/mol. The number of carbonyl (C=O) groups is 1. The highest BCUT2D eigenvalue weighted by molar-refractivity contribution is 5.93. The molecule has 2 N–H and O–H groups in total. The summed E-state index contributed by atoms with van der Waals surface area (Å²) in [6.45, 7) is 2.81. The fourth-order valence-electron chi connectivity index (χ4n) is 1.50. The van der Waals surface area contributed by atoms with Crippen LogP contribution in [0, 0.1) is 11.3 Å². The summed E-state index contributed by atoms with van der Waals surface area (Å²) in [6, 6.07) is 9.06. The Balaban J connectivity index is 2.95. The molecule has 0 spiro atoms. The number of nitrogens with two attached hydrogens (primary N) is 1. The Morgan fingerprint density at radius 3 is 2.88 bits per heavy atom. The van der Waals surface area contributed by atoms with Crippen LogP contribution in [0.25, 0.3) is 0 Å². The highest BCUT2D eigenvalue weighted by Gasteiger charge is 2.12. The Bertz CT molecular complexity index is 409. The second-order valence-corrected chi connectivity index (χ2v) is 3.34. The molecule has 0 radical (unpaired) electrons. The molecular formula is C12H15N3O. The van der Waals surface area contributed by atoms with Gasteiger partial charge in [-0.3, -0.25) is 4.79 Å². The van der Waals surface area contributed by atoms with Gasteiger partial charge in [0, 0.05) is 25.2 Å². The maximum atomic E-state index is 11.7. The molecular weight excluding hydrogens is 202 g/mol. The molecule has 0 fully saturated rings. The number of anilines is 1. The third kappa shape index (κ3) is 2.81. The molecule has 1 aromatic rings. The Morgan fingerprint density at radius 2 is 2.31 bits per heavy atom. The molecule has 0 atom stereocenters. The van der Waals surface area contributed by atoms with Gasteiger partial charge in [0.1, 0.15) is 0 Å². The van der Waals surface area contributed by atoms with Crippen molar-refractivity contribution in [3.8, 4) is 6.07 Å². The summed E-state index contributed by atoms with van der Waals surface area (Å²) in [4.78, 5) is 13.4. The lowest BCUT2D eigenvalue weighted by molar-refractivity contribution is -0.118. The minimum absolute atomic E-state index is 0.0138. The van der Waals surface area contributed by atoms with Gasteiger partial charge in [0.05, 0.1) is 11.6 Å². The molecule has 1 aromatic carbocycles. The van der Waals surface area contributed by atoms with Crippen LogP contribution >= 0.6 is 0 Å². The first-order chi connectivity index (χ1) is 7.72. The predicted molar refractivity (Wildman–Crippen MR) is 62.9 cm³/mol. The lowest BCUT2D eigenvalue weighted by Crippen LogP contribution is -2.32. The van der Waals surface area contributed by atoms with Gasteiger partial charge in [0.2, 0.25) is 5.91 Å². The Labute approximate surface area is 95.3 Å². The lowest BCUT2D eigenvalue weighted by atomic mass is 10.2. The van der Waals surface area contributed by atoms with Gasteiger partial charge in [-0.2, -0.15) is 5.26 Å². The summed E-state index contributed by atoms with van der Waals surface area (Å²) >= 11 is 0. The predicted octanol–water partition coefficient (Wildman–Crippen LogP) is 1.26. The first-order valence-corrected chi connectivity index (χ1v) is 5.23. The van der Waals surface area contributed by atoms with E-state index in [-0.39, 0.29) is 5.91 Å². The van der Waals surface area contributed by atoms with Gasteiger partial charge in [-0.05, 0) is 25.1 Å². The van der Waals surface area contributed by atoms with Crippen molar-refractivity contribution in [2.75, 3.05) is 18.0 Å². The van der Waals surface area contributed by atoms with E-state index in [9.17, 15) is 4.79 Å². The molecule has 0 saturated heterocycles. The summed E-state index contributed by atoms with van der Waals surface area (Å²) in [5.74, 6) is -0.0138. The molecule has 0 aliphatic heterocycles. The van der Waals surface area contributed by atoms with E-state index in [0.717, 1.165) is 5.69 Å². The van der Waals surface area contributed by atoms with Crippen molar-refractivity contribution in [1.82, 2.24) is 0 Å². The highest BCUT2D eigenvalue weighted by Crippen LogP contribution is 2.16. The normalized spacial score (nSPS) is 9.56. The smallest absolute Gasteiger partial charge is 0.228 e. The topological polar surface area (TPSA) is 70.1 Å². The molecule has 0 aromatic heterocycles. The first kappa shape index (κ1) is 12.2. The fourth-order valence-corrected chi connectivity index (χ4v) is 1.50. The highest BCUT2D eigenvalue weighted by atomic mass is 16.2. The second kappa shape index (κ2) is 5.89. The van der Waals surface area contributed by atoms with Gasteiger partial charge in [-0.25, -0.2) is 0 Å². The maximum absolute atomic E-state index is 11.7. The van der Waals surface area contributed by atoms with Crippen molar-refractivity contribution < 1.29 is 4.79 Å². The summed E-state index contributed by atoms with van der Waals surface area (Å²) in [5.41, 5.74) is 6.66. The number of rotatable bonds is 4. The number of benzene rings is 1. The number of amides is 1. The van der Waals surface area contributed by atoms with Crippen LogP contribution < -0.4 is 10.6 Å². The Kier molecular flexibility index (Phi) is 4.49. The van der Waals surface area contributed by atoms with E-state index in [1.54, 1.807) is 23.1 Å². The van der Waals surface area contributed by atoms with Crippen LogP contribution in [-0.2, 0) is 4.79 Å². The van der Waals surface area contributed by atoms with Crippen molar-refractivity contribution in [2.45, 2.75) is 13.3 Å². The molecule has 1 amide bonds. The SMILES string of the molecule is CCN(C(=O)CCN)c1cccc(C#N)c1. The minimum Gasteiger partial charge on any atom is -0.330 e. The third-order valence-corrected chi connectivity index (χ3v) is 2.26. The zero-order valence-electron chi connectivity index (χ0n) is 9.31. The number of nitriles is 1. The minimum atomic E-state index is -0.0138. The van der Waals surface area contributed by atoms with E-state index in [4.69, 9.17) is 11.0 Å². The van der Waals surface area contributed by atoms with E-state index in [1.807, 2.05) is 13.0 Å². The van der Waals surface area contributed by atoms with Crippen molar-refractivity contribution in [3.05, 3.63) is 29.8 Å². The van der Waals surface area contributed by atoms with E-state index >= 15 is 0 Å². The molecule has 0 bridgehead atoms. The van der Waals surface area contributed by atoms with Crippen LogP contribution in [0.1, 0.15) is 18.9 Å². The Morgan fingerprint density at radius 1 is 1.56 bits per heavy atom. The van der Waals surface area contributed by atoms with Crippen LogP contribution in [0.15, 0.2) is 24.3 Å². The van der Waals surface area contributed by atoms with Crippen molar-refractivity contribution in [1.29, 1.82) is 5.26 Å². The molecule has 0 aliphatic rings. The Hall–Kier alpha value is -1.86.